The van der Waals surface area contributed by atoms with Gasteiger partial charge in [0.1, 0.15) is 11.5 Å². The van der Waals surface area contributed by atoms with E-state index in [9.17, 15) is 14.3 Å². The Balaban J connectivity index is 1.74. The van der Waals surface area contributed by atoms with Crippen molar-refractivity contribution >= 4 is 34.1 Å². The zero-order valence-electron chi connectivity index (χ0n) is 18.9. The van der Waals surface area contributed by atoms with E-state index in [1.807, 2.05) is 42.5 Å². The third-order valence-electron chi connectivity index (χ3n) is 5.64. The van der Waals surface area contributed by atoms with Gasteiger partial charge in [-0.3, -0.25) is 9.78 Å². The molecule has 0 aliphatic heterocycles. The van der Waals surface area contributed by atoms with Crippen molar-refractivity contribution in [2.24, 2.45) is 5.73 Å². The molecule has 2 aromatic heterocycles. The van der Waals surface area contributed by atoms with Crippen molar-refractivity contribution in [3.05, 3.63) is 88.6 Å². The molecule has 1 unspecified atom stereocenters. The van der Waals surface area contributed by atoms with Crippen molar-refractivity contribution in [2.75, 3.05) is 5.32 Å². The van der Waals surface area contributed by atoms with Crippen molar-refractivity contribution in [2.45, 2.75) is 32.4 Å². The Morgan fingerprint density at radius 3 is 2.44 bits per heavy atom. The predicted molar refractivity (Wildman–Crippen MR) is 132 cm³/mol. The second-order valence-electron chi connectivity index (χ2n) is 8.64. The number of fused-ring (bicyclic) bond motifs is 1. The van der Waals surface area contributed by atoms with Gasteiger partial charge < -0.3 is 16.2 Å². The molecule has 174 valence electrons. The Kier molecular flexibility index (Phi) is 6.25. The molecule has 2 heterocycles. The summed E-state index contributed by atoms with van der Waals surface area (Å²) >= 11 is 6.48. The molecule has 4 aromatic rings. The highest BCUT2D eigenvalue weighted by atomic mass is 35.5. The van der Waals surface area contributed by atoms with Gasteiger partial charge in [0.2, 0.25) is 0 Å². The molecule has 6 nitrogen and oxygen atoms in total. The minimum atomic E-state index is -0.929. The van der Waals surface area contributed by atoms with E-state index in [0.717, 1.165) is 22.1 Å². The van der Waals surface area contributed by atoms with Crippen LogP contribution >= 0.6 is 11.6 Å². The quantitative estimate of drug-likeness (QED) is 0.335. The van der Waals surface area contributed by atoms with Crippen LogP contribution in [0.4, 0.5) is 10.1 Å². The van der Waals surface area contributed by atoms with E-state index < -0.39 is 23.4 Å². The summed E-state index contributed by atoms with van der Waals surface area (Å²) in [6, 6.07) is 15.2. The minimum Gasteiger partial charge on any atom is -0.386 e. The highest BCUT2D eigenvalue weighted by Crippen LogP contribution is 2.35. The summed E-state index contributed by atoms with van der Waals surface area (Å²) in [4.78, 5) is 20.0. The number of benzene rings is 2. The number of nitrogens with zero attached hydrogens (tertiary/aromatic N) is 2. The van der Waals surface area contributed by atoms with Crippen LogP contribution in [0.15, 0.2) is 60.8 Å². The molecule has 2 aromatic carbocycles. The maximum atomic E-state index is 14.5. The van der Waals surface area contributed by atoms with Gasteiger partial charge in [-0.05, 0) is 61.7 Å². The van der Waals surface area contributed by atoms with Gasteiger partial charge in [-0.15, -0.1) is 0 Å². The normalized spacial score (nSPS) is 12.5. The average molecular weight is 479 g/mol. The van der Waals surface area contributed by atoms with Crippen LogP contribution in [0.2, 0.25) is 5.02 Å². The summed E-state index contributed by atoms with van der Waals surface area (Å²) in [5, 5.41) is 14.5. The fraction of sp³-hybridized carbons (Fsp3) is 0.192. The zero-order chi connectivity index (χ0) is 24.6. The molecule has 4 rings (SSSR count). The summed E-state index contributed by atoms with van der Waals surface area (Å²) in [5.41, 5.74) is 8.37. The number of carbonyl (C=O) groups excluding carboxylic acids is 1. The number of pyridine rings is 2. The first-order valence-corrected chi connectivity index (χ1v) is 11.1. The fourth-order valence-electron chi connectivity index (χ4n) is 3.75. The van der Waals surface area contributed by atoms with E-state index in [4.69, 9.17) is 17.3 Å². The number of rotatable bonds is 6. The fourth-order valence-corrected chi connectivity index (χ4v) is 3.95. The monoisotopic (exact) mass is 478 g/mol. The van der Waals surface area contributed by atoms with Crippen LogP contribution in [0.25, 0.3) is 22.0 Å². The van der Waals surface area contributed by atoms with E-state index in [2.05, 4.69) is 15.3 Å². The van der Waals surface area contributed by atoms with Gasteiger partial charge in [0, 0.05) is 11.6 Å². The van der Waals surface area contributed by atoms with Gasteiger partial charge in [-0.2, -0.15) is 0 Å². The molecule has 1 atom stereocenters. The van der Waals surface area contributed by atoms with Crippen LogP contribution < -0.4 is 11.1 Å². The van der Waals surface area contributed by atoms with Crippen LogP contribution in [0, 0.1) is 5.82 Å². The number of nitrogens with one attached hydrogen (secondary N) is 1. The van der Waals surface area contributed by atoms with E-state index in [0.29, 0.717) is 16.2 Å². The van der Waals surface area contributed by atoms with Gasteiger partial charge in [0.25, 0.3) is 5.91 Å². The number of hydrogen-bond acceptors (Lipinski definition) is 5. The number of amides is 1. The molecule has 0 aliphatic carbocycles. The topological polar surface area (TPSA) is 101 Å². The molecule has 0 saturated heterocycles. The Morgan fingerprint density at radius 2 is 1.79 bits per heavy atom. The second kappa shape index (κ2) is 9.00. The maximum absolute atomic E-state index is 14.5. The van der Waals surface area contributed by atoms with Crippen LogP contribution in [-0.2, 0) is 5.60 Å². The number of anilines is 1. The second-order valence-corrected chi connectivity index (χ2v) is 9.05. The van der Waals surface area contributed by atoms with Gasteiger partial charge >= 0.3 is 0 Å². The number of aliphatic hydroxyl groups is 1. The third kappa shape index (κ3) is 4.71. The van der Waals surface area contributed by atoms with Crippen molar-refractivity contribution in [3.8, 4) is 11.1 Å². The van der Waals surface area contributed by atoms with E-state index in [1.54, 1.807) is 20.8 Å². The Bertz CT molecular complexity index is 1380. The molecule has 0 spiro atoms. The first-order valence-electron chi connectivity index (χ1n) is 10.7. The largest absolute Gasteiger partial charge is 0.386 e. The van der Waals surface area contributed by atoms with Crippen molar-refractivity contribution in [3.63, 3.8) is 0 Å². The lowest BCUT2D eigenvalue weighted by Gasteiger charge is -2.19. The summed E-state index contributed by atoms with van der Waals surface area (Å²) in [6.45, 7) is 5.20. The van der Waals surface area contributed by atoms with Crippen molar-refractivity contribution < 1.29 is 14.3 Å². The van der Waals surface area contributed by atoms with Gasteiger partial charge in [0.05, 0.1) is 33.6 Å². The molecular weight excluding hydrogens is 455 g/mol. The molecule has 1 amide bonds. The van der Waals surface area contributed by atoms with E-state index >= 15 is 0 Å². The maximum Gasteiger partial charge on any atom is 0.267 e. The Hall–Kier alpha value is -3.55. The highest BCUT2D eigenvalue weighted by molar-refractivity contribution is 6.34. The molecule has 0 saturated carbocycles. The lowest BCUT2D eigenvalue weighted by molar-refractivity contribution is 0.0786. The summed E-state index contributed by atoms with van der Waals surface area (Å²) in [6.07, 6.45) is 1.53. The van der Waals surface area contributed by atoms with Crippen LogP contribution in [-0.4, -0.2) is 21.0 Å². The molecular formula is C26H24ClFN4O2. The number of carbonyl (C=O) groups is 1. The molecule has 8 heteroatoms. The molecule has 0 radical (unpaired) electrons. The average Bonchev–Trinajstić information content (AvgIpc) is 2.80. The summed E-state index contributed by atoms with van der Waals surface area (Å²) < 4.78 is 14.5. The number of halogens is 2. The number of hydrogen-bond donors (Lipinski definition) is 3. The SMILES string of the molecule is CC(Nc1c(Cl)cnc2ccc(-c3ccc(C(C)(C)O)cc3)cc12)c1nc(C(N)=O)ccc1F. The standard InChI is InChI=1S/C26H24ClFN4O2/c1-14(23-20(28)9-11-22(32-23)25(29)33)31-24-18-12-16(6-10-21(18)30-13-19(24)27)15-4-7-17(8-5-15)26(2,3)34/h4-14,34H,1-3H3,(H2,29,33)(H,30,31). The van der Waals surface area contributed by atoms with Crippen LogP contribution in [0.1, 0.15) is 48.6 Å². The molecule has 0 aliphatic rings. The first-order chi connectivity index (χ1) is 16.0. The Labute approximate surface area is 201 Å². The van der Waals surface area contributed by atoms with Crippen molar-refractivity contribution in [1.82, 2.24) is 9.97 Å². The van der Waals surface area contributed by atoms with E-state index in [1.165, 1.54) is 18.3 Å². The van der Waals surface area contributed by atoms with Gasteiger partial charge in [-0.1, -0.05) is 41.9 Å². The predicted octanol–water partition coefficient (Wildman–Crippen LogP) is 5.59. The molecule has 34 heavy (non-hydrogen) atoms. The smallest absolute Gasteiger partial charge is 0.267 e. The zero-order valence-corrected chi connectivity index (χ0v) is 19.7. The Morgan fingerprint density at radius 1 is 1.12 bits per heavy atom. The van der Waals surface area contributed by atoms with Crippen LogP contribution in [0.5, 0.6) is 0 Å². The number of primary amides is 1. The number of aromatic nitrogens is 2. The third-order valence-corrected chi connectivity index (χ3v) is 5.93. The molecule has 0 bridgehead atoms. The first kappa shape index (κ1) is 23.6. The highest BCUT2D eigenvalue weighted by Gasteiger charge is 2.19. The van der Waals surface area contributed by atoms with Gasteiger partial charge in [-0.25, -0.2) is 9.37 Å². The molecule has 0 fully saturated rings. The minimum absolute atomic E-state index is 0.0208. The van der Waals surface area contributed by atoms with Gasteiger partial charge in [0.15, 0.2) is 0 Å². The summed E-state index contributed by atoms with van der Waals surface area (Å²) in [7, 11) is 0. The number of nitrogens with two attached hydrogens (primary N) is 1. The van der Waals surface area contributed by atoms with Crippen LogP contribution in [0.3, 0.4) is 0 Å². The molecule has 4 N–H and O–H groups in total. The lowest BCUT2D eigenvalue weighted by Crippen LogP contribution is -2.17. The van der Waals surface area contributed by atoms with Crippen molar-refractivity contribution in [1.29, 1.82) is 0 Å². The summed E-state index contributed by atoms with van der Waals surface area (Å²) in [5.74, 6) is -1.30. The lowest BCUT2D eigenvalue weighted by atomic mass is 9.95. The van der Waals surface area contributed by atoms with E-state index in [-0.39, 0.29) is 11.4 Å².